The zero-order valence-corrected chi connectivity index (χ0v) is 20.1. The zero-order valence-electron chi connectivity index (χ0n) is 20.1. The van der Waals surface area contributed by atoms with Crippen molar-refractivity contribution in [3.05, 3.63) is 35.9 Å². The van der Waals surface area contributed by atoms with Gasteiger partial charge in [0.2, 0.25) is 5.91 Å². The Bertz CT molecular complexity index is 881. The van der Waals surface area contributed by atoms with Gasteiger partial charge in [0.1, 0.15) is 17.9 Å². The summed E-state index contributed by atoms with van der Waals surface area (Å²) in [6, 6.07) is 8.21. The predicted octanol–water partition coefficient (Wildman–Crippen LogP) is 2.95. The van der Waals surface area contributed by atoms with Crippen molar-refractivity contribution in [1.29, 1.82) is 0 Å². The summed E-state index contributed by atoms with van der Waals surface area (Å²) >= 11 is 0. The van der Waals surface area contributed by atoms with Crippen molar-refractivity contribution in [3.63, 3.8) is 0 Å². The number of aliphatic hydroxyl groups is 1. The lowest BCUT2D eigenvalue weighted by atomic mass is 9.94. The third-order valence-electron chi connectivity index (χ3n) is 5.92. The molecule has 33 heavy (non-hydrogen) atoms. The van der Waals surface area contributed by atoms with E-state index in [1.165, 1.54) is 11.8 Å². The largest absolute Gasteiger partial charge is 0.447 e. The Hall–Kier alpha value is -2.65. The minimum atomic E-state index is -1.28. The van der Waals surface area contributed by atoms with Crippen LogP contribution >= 0.6 is 0 Å². The van der Waals surface area contributed by atoms with Gasteiger partial charge in [-0.15, -0.1) is 0 Å². The molecule has 4 atom stereocenters. The van der Waals surface area contributed by atoms with Crippen LogP contribution in [0.1, 0.15) is 47.1 Å². The Morgan fingerprint density at radius 3 is 2.45 bits per heavy atom. The third-order valence-corrected chi connectivity index (χ3v) is 5.92. The number of rotatable bonds is 5. The van der Waals surface area contributed by atoms with Crippen LogP contribution in [0.4, 0.5) is 9.59 Å². The Kier molecular flexibility index (Phi) is 7.04. The number of hydrogen-bond donors (Lipinski definition) is 1. The third kappa shape index (κ3) is 5.47. The second-order valence-electron chi connectivity index (χ2n) is 10.1. The minimum Gasteiger partial charge on any atom is -0.447 e. The van der Waals surface area contributed by atoms with Crippen LogP contribution in [0.3, 0.4) is 0 Å². The van der Waals surface area contributed by atoms with E-state index in [9.17, 15) is 19.5 Å². The molecule has 0 aromatic heterocycles. The Morgan fingerprint density at radius 2 is 1.85 bits per heavy atom. The summed E-state index contributed by atoms with van der Waals surface area (Å²) in [5.74, 6) is -1.54. The molecule has 0 bridgehead atoms. The van der Waals surface area contributed by atoms with Gasteiger partial charge in [0.25, 0.3) is 0 Å². The van der Waals surface area contributed by atoms with E-state index in [2.05, 4.69) is 0 Å². The molecule has 2 aliphatic heterocycles. The monoisotopic (exact) mass is 462 g/mol. The topological polar surface area (TPSA) is 106 Å². The molecular weight excluding hydrogens is 428 g/mol. The number of amides is 3. The molecule has 0 spiro atoms. The zero-order chi connectivity index (χ0) is 24.6. The average Bonchev–Trinajstić information content (AvgIpc) is 3.24. The lowest BCUT2D eigenvalue weighted by molar-refractivity contribution is -0.138. The normalized spacial score (nSPS) is 24.4. The highest BCUT2D eigenvalue weighted by Gasteiger charge is 2.51. The van der Waals surface area contributed by atoms with E-state index in [1.807, 2.05) is 30.3 Å². The van der Waals surface area contributed by atoms with Gasteiger partial charge in [-0.2, -0.15) is 0 Å². The maximum atomic E-state index is 13.3. The van der Waals surface area contributed by atoms with Gasteiger partial charge >= 0.3 is 12.2 Å². The van der Waals surface area contributed by atoms with Crippen molar-refractivity contribution in [2.75, 3.05) is 13.2 Å². The molecule has 1 N–H and O–H groups in total. The summed E-state index contributed by atoms with van der Waals surface area (Å²) in [5.41, 5.74) is -0.802. The average molecular weight is 463 g/mol. The van der Waals surface area contributed by atoms with Crippen LogP contribution in [0.25, 0.3) is 0 Å². The van der Waals surface area contributed by atoms with Crippen LogP contribution in [0, 0.1) is 5.92 Å². The fourth-order valence-corrected chi connectivity index (χ4v) is 4.22. The fourth-order valence-electron chi connectivity index (χ4n) is 4.22. The van der Waals surface area contributed by atoms with Gasteiger partial charge in [0.15, 0.2) is 0 Å². The highest BCUT2D eigenvalue weighted by molar-refractivity contribution is 5.95. The van der Waals surface area contributed by atoms with E-state index < -0.39 is 53.5 Å². The van der Waals surface area contributed by atoms with Crippen molar-refractivity contribution in [2.45, 2.75) is 77.5 Å². The van der Waals surface area contributed by atoms with Crippen LogP contribution < -0.4 is 0 Å². The van der Waals surface area contributed by atoms with Crippen molar-refractivity contribution in [3.8, 4) is 0 Å². The molecule has 2 aliphatic rings. The molecule has 182 valence electrons. The maximum Gasteiger partial charge on any atom is 0.416 e. The predicted molar refractivity (Wildman–Crippen MR) is 119 cm³/mol. The smallest absolute Gasteiger partial charge is 0.416 e. The molecule has 1 aromatic carbocycles. The van der Waals surface area contributed by atoms with Crippen LogP contribution in [0.5, 0.6) is 0 Å². The summed E-state index contributed by atoms with van der Waals surface area (Å²) in [7, 11) is 0. The second kappa shape index (κ2) is 9.30. The molecule has 9 nitrogen and oxygen atoms in total. The first-order valence-corrected chi connectivity index (χ1v) is 11.2. The SMILES string of the molecule is C[C@@H](C(=O)N1C(=O)OC[C@H]1Cc1ccccc1)[C@@H](O)C1COC(C)(C)N1C(=O)OC(C)(C)C. The first-order valence-electron chi connectivity index (χ1n) is 11.2. The molecule has 3 rings (SSSR count). The quantitative estimate of drug-likeness (QED) is 0.717. The van der Waals surface area contributed by atoms with E-state index in [4.69, 9.17) is 14.2 Å². The standard InChI is InChI=1S/C24H34N2O7/c1-15(19(27)18-14-32-24(5,6)26(18)22(30)33-23(2,3)4)20(28)25-17(13-31-21(25)29)12-16-10-8-7-9-11-16/h7-11,15,17-19,27H,12-14H2,1-6H3/t15-,17-,18?,19-/m1/s1. The van der Waals surface area contributed by atoms with Gasteiger partial charge in [0, 0.05) is 0 Å². The van der Waals surface area contributed by atoms with Crippen molar-refractivity contribution in [2.24, 2.45) is 5.92 Å². The van der Waals surface area contributed by atoms with Crippen LogP contribution in [0.2, 0.25) is 0 Å². The number of ether oxygens (including phenoxy) is 3. The number of cyclic esters (lactones) is 1. The number of carbonyl (C=O) groups is 3. The lowest BCUT2D eigenvalue weighted by Crippen LogP contribution is -2.56. The minimum absolute atomic E-state index is 0.0307. The van der Waals surface area contributed by atoms with Crippen molar-refractivity contribution in [1.82, 2.24) is 9.80 Å². The van der Waals surface area contributed by atoms with Gasteiger partial charge in [0.05, 0.1) is 30.7 Å². The first-order chi connectivity index (χ1) is 15.3. The summed E-state index contributed by atoms with van der Waals surface area (Å²) < 4.78 is 16.4. The number of carbonyl (C=O) groups excluding carboxylic acids is 3. The molecule has 2 heterocycles. The highest BCUT2D eigenvalue weighted by Crippen LogP contribution is 2.33. The van der Waals surface area contributed by atoms with Crippen molar-refractivity contribution < 1.29 is 33.7 Å². The number of hydrogen-bond acceptors (Lipinski definition) is 7. The van der Waals surface area contributed by atoms with Crippen molar-refractivity contribution >= 4 is 18.1 Å². The number of nitrogens with zero attached hydrogens (tertiary/aromatic N) is 2. The van der Waals surface area contributed by atoms with E-state index >= 15 is 0 Å². The van der Waals surface area contributed by atoms with Gasteiger partial charge in [-0.05, 0) is 46.6 Å². The molecule has 1 aromatic rings. The van der Waals surface area contributed by atoms with E-state index in [1.54, 1.807) is 34.6 Å². The highest BCUT2D eigenvalue weighted by atomic mass is 16.6. The summed E-state index contributed by atoms with van der Waals surface area (Å²) in [6.07, 6.45) is -2.20. The summed E-state index contributed by atoms with van der Waals surface area (Å²) in [5, 5.41) is 11.1. The molecular formula is C24H34N2O7. The molecule has 2 fully saturated rings. The second-order valence-corrected chi connectivity index (χ2v) is 10.1. The van der Waals surface area contributed by atoms with E-state index in [0.717, 1.165) is 10.5 Å². The van der Waals surface area contributed by atoms with Gasteiger partial charge in [-0.1, -0.05) is 37.3 Å². The molecule has 1 unspecified atom stereocenters. The van der Waals surface area contributed by atoms with Gasteiger partial charge in [-0.25, -0.2) is 14.5 Å². The number of aliphatic hydroxyl groups excluding tert-OH is 1. The Balaban J connectivity index is 1.77. The van der Waals surface area contributed by atoms with Crippen LogP contribution in [-0.4, -0.2) is 75.7 Å². The number of benzene rings is 1. The molecule has 0 saturated carbocycles. The fraction of sp³-hybridized carbons (Fsp3) is 0.625. The van der Waals surface area contributed by atoms with Crippen LogP contribution in [0.15, 0.2) is 30.3 Å². The van der Waals surface area contributed by atoms with E-state index in [0.29, 0.717) is 6.42 Å². The molecule has 0 radical (unpaired) electrons. The molecule has 3 amide bonds. The Morgan fingerprint density at radius 1 is 1.21 bits per heavy atom. The molecule has 9 heteroatoms. The van der Waals surface area contributed by atoms with E-state index in [-0.39, 0.29) is 13.2 Å². The summed E-state index contributed by atoms with van der Waals surface area (Å²) in [4.78, 5) is 41.0. The van der Waals surface area contributed by atoms with Crippen LogP contribution in [-0.2, 0) is 25.4 Å². The van der Waals surface area contributed by atoms with Gasteiger partial charge in [-0.3, -0.25) is 9.69 Å². The first kappa shape index (κ1) is 25.0. The molecule has 2 saturated heterocycles. The number of imide groups is 1. The summed E-state index contributed by atoms with van der Waals surface area (Å²) in [6.45, 7) is 10.3. The molecule has 0 aliphatic carbocycles. The van der Waals surface area contributed by atoms with Gasteiger partial charge < -0.3 is 19.3 Å². The maximum absolute atomic E-state index is 13.3. The Labute approximate surface area is 194 Å². The lowest BCUT2D eigenvalue weighted by Gasteiger charge is -2.37.